The fourth-order valence-electron chi connectivity index (χ4n) is 0.927. The smallest absolute Gasteiger partial charge is 0.396 e. The molecule has 16 heavy (non-hydrogen) atoms. The van der Waals surface area contributed by atoms with Crippen LogP contribution in [-0.2, 0) is 19.1 Å². The number of hydrogen-bond acceptors (Lipinski definition) is 4. The lowest BCUT2D eigenvalue weighted by molar-refractivity contribution is -0.154. The van der Waals surface area contributed by atoms with E-state index in [0.29, 0.717) is 25.7 Å². The quantitative estimate of drug-likeness (QED) is 0.398. The van der Waals surface area contributed by atoms with Gasteiger partial charge < -0.3 is 14.8 Å². The highest BCUT2D eigenvalue weighted by molar-refractivity contribution is 6.32. The van der Waals surface area contributed by atoms with Crippen molar-refractivity contribution < 1.29 is 19.1 Å². The Morgan fingerprint density at radius 1 is 1.25 bits per heavy atom. The molecule has 0 radical (unpaired) electrons. The lowest BCUT2D eigenvalue weighted by atomic mass is 10.1. The molecule has 0 aromatic heterocycles. The molecule has 5 heteroatoms. The van der Waals surface area contributed by atoms with Crippen LogP contribution >= 0.6 is 0 Å². The van der Waals surface area contributed by atoms with Crippen LogP contribution in [0.15, 0.2) is 0 Å². The minimum Gasteiger partial charge on any atom is -0.459 e. The molecule has 0 rings (SSSR count). The largest absolute Gasteiger partial charge is 0.459 e. The molecule has 0 spiro atoms. The van der Waals surface area contributed by atoms with E-state index < -0.39 is 11.9 Å². The van der Waals surface area contributed by atoms with E-state index in [4.69, 9.17) is 4.74 Å². The van der Waals surface area contributed by atoms with Crippen molar-refractivity contribution in [1.82, 2.24) is 5.32 Å². The summed E-state index contributed by atoms with van der Waals surface area (Å²) in [7, 11) is 0. The van der Waals surface area contributed by atoms with E-state index in [-0.39, 0.29) is 6.61 Å². The number of ether oxygens (including phenoxy) is 2. The van der Waals surface area contributed by atoms with Crippen molar-refractivity contribution in [2.75, 3.05) is 26.4 Å². The summed E-state index contributed by atoms with van der Waals surface area (Å²) in [5.74, 6) is -0.951. The van der Waals surface area contributed by atoms with Crippen molar-refractivity contribution in [1.29, 1.82) is 0 Å². The third kappa shape index (κ3) is 8.23. The molecule has 1 N–H and O–H groups in total. The van der Waals surface area contributed by atoms with Crippen molar-refractivity contribution in [3.63, 3.8) is 0 Å². The maximum Gasteiger partial charge on any atom is 0.396 e. The SMILES string of the molecule is CCOC(=O)C(=O)NCCOCCC(C)C. The van der Waals surface area contributed by atoms with Gasteiger partial charge in [0.15, 0.2) is 0 Å². The average molecular weight is 231 g/mol. The molecule has 0 fully saturated rings. The summed E-state index contributed by atoms with van der Waals surface area (Å²) in [6.45, 7) is 7.51. The Balaban J connectivity index is 3.38. The van der Waals surface area contributed by atoms with Crippen LogP contribution in [0.1, 0.15) is 27.2 Å². The summed E-state index contributed by atoms with van der Waals surface area (Å²) in [5.41, 5.74) is 0. The van der Waals surface area contributed by atoms with Crippen LogP contribution in [0.5, 0.6) is 0 Å². The summed E-state index contributed by atoms with van der Waals surface area (Å²) < 4.78 is 9.79. The number of amides is 1. The number of esters is 1. The molecule has 94 valence electrons. The zero-order valence-corrected chi connectivity index (χ0v) is 10.2. The molecule has 0 saturated carbocycles. The first-order valence-corrected chi connectivity index (χ1v) is 5.60. The molecule has 5 nitrogen and oxygen atoms in total. The van der Waals surface area contributed by atoms with Gasteiger partial charge in [0.25, 0.3) is 0 Å². The zero-order valence-electron chi connectivity index (χ0n) is 10.2. The Labute approximate surface area is 96.5 Å². The van der Waals surface area contributed by atoms with Crippen molar-refractivity contribution in [3.8, 4) is 0 Å². The van der Waals surface area contributed by atoms with Crippen molar-refractivity contribution in [2.24, 2.45) is 5.92 Å². The summed E-state index contributed by atoms with van der Waals surface area (Å²) in [4.78, 5) is 21.9. The second-order valence-electron chi connectivity index (χ2n) is 3.77. The first kappa shape index (κ1) is 14.9. The van der Waals surface area contributed by atoms with Crippen LogP contribution in [0.3, 0.4) is 0 Å². The number of nitrogens with one attached hydrogen (secondary N) is 1. The minimum absolute atomic E-state index is 0.205. The van der Waals surface area contributed by atoms with Gasteiger partial charge in [-0.3, -0.25) is 4.79 Å². The lowest BCUT2D eigenvalue weighted by Gasteiger charge is -2.07. The molecule has 0 atom stereocenters. The van der Waals surface area contributed by atoms with Crippen molar-refractivity contribution in [2.45, 2.75) is 27.2 Å². The highest BCUT2D eigenvalue weighted by Crippen LogP contribution is 1.98. The van der Waals surface area contributed by atoms with Crippen LogP contribution in [0.2, 0.25) is 0 Å². The lowest BCUT2D eigenvalue weighted by Crippen LogP contribution is -2.34. The highest BCUT2D eigenvalue weighted by Gasteiger charge is 2.12. The highest BCUT2D eigenvalue weighted by atomic mass is 16.5. The molecule has 0 aliphatic heterocycles. The summed E-state index contributed by atoms with van der Waals surface area (Å²) >= 11 is 0. The molecule has 0 saturated heterocycles. The predicted molar refractivity (Wildman–Crippen MR) is 59.9 cm³/mol. The first-order chi connectivity index (χ1) is 7.57. The van der Waals surface area contributed by atoms with Gasteiger partial charge in [0, 0.05) is 13.2 Å². The molecule has 0 unspecified atom stereocenters. The topological polar surface area (TPSA) is 64.6 Å². The number of carbonyl (C=O) groups excluding carboxylic acids is 2. The number of hydrogen-bond donors (Lipinski definition) is 1. The van der Waals surface area contributed by atoms with Gasteiger partial charge >= 0.3 is 11.9 Å². The fourth-order valence-corrected chi connectivity index (χ4v) is 0.927. The van der Waals surface area contributed by atoms with Gasteiger partial charge in [0.2, 0.25) is 0 Å². The Morgan fingerprint density at radius 2 is 1.94 bits per heavy atom. The van der Waals surface area contributed by atoms with E-state index in [1.54, 1.807) is 6.92 Å². The molecule has 0 aliphatic rings. The van der Waals surface area contributed by atoms with E-state index in [2.05, 4.69) is 23.9 Å². The maximum absolute atomic E-state index is 11.0. The Morgan fingerprint density at radius 3 is 2.50 bits per heavy atom. The normalized spacial score (nSPS) is 10.2. The zero-order chi connectivity index (χ0) is 12.4. The molecule has 0 aromatic carbocycles. The van der Waals surface area contributed by atoms with Crippen LogP contribution in [0, 0.1) is 5.92 Å². The Bertz CT molecular complexity index is 216. The Kier molecular flexibility index (Phi) is 8.52. The molecular weight excluding hydrogens is 210 g/mol. The predicted octanol–water partition coefficient (Wildman–Crippen LogP) is 0.728. The second-order valence-corrected chi connectivity index (χ2v) is 3.77. The van der Waals surface area contributed by atoms with Gasteiger partial charge in [-0.25, -0.2) is 4.79 Å². The van der Waals surface area contributed by atoms with Crippen LogP contribution in [0.25, 0.3) is 0 Å². The van der Waals surface area contributed by atoms with Crippen molar-refractivity contribution in [3.05, 3.63) is 0 Å². The molecular formula is C11H21NO4. The number of rotatable bonds is 7. The Hall–Kier alpha value is -1.10. The fraction of sp³-hybridized carbons (Fsp3) is 0.818. The van der Waals surface area contributed by atoms with Crippen molar-refractivity contribution >= 4 is 11.9 Å². The van der Waals surface area contributed by atoms with E-state index in [9.17, 15) is 9.59 Å². The van der Waals surface area contributed by atoms with E-state index >= 15 is 0 Å². The van der Waals surface area contributed by atoms with Gasteiger partial charge in [0.05, 0.1) is 13.2 Å². The summed E-state index contributed by atoms with van der Waals surface area (Å²) in [5, 5.41) is 2.42. The molecule has 0 aliphatic carbocycles. The van der Waals surface area contributed by atoms with Crippen LogP contribution < -0.4 is 5.32 Å². The molecule has 1 amide bonds. The first-order valence-electron chi connectivity index (χ1n) is 5.60. The third-order valence-electron chi connectivity index (χ3n) is 1.83. The summed E-state index contributed by atoms with van der Waals surface area (Å²) in [6.07, 6.45) is 0.992. The summed E-state index contributed by atoms with van der Waals surface area (Å²) in [6, 6.07) is 0. The van der Waals surface area contributed by atoms with Crippen LogP contribution in [0.4, 0.5) is 0 Å². The van der Waals surface area contributed by atoms with Gasteiger partial charge in [-0.2, -0.15) is 0 Å². The maximum atomic E-state index is 11.0. The minimum atomic E-state index is -0.843. The van der Waals surface area contributed by atoms with Crippen LogP contribution in [-0.4, -0.2) is 38.2 Å². The van der Waals surface area contributed by atoms with E-state index in [1.165, 1.54) is 0 Å². The van der Waals surface area contributed by atoms with Gasteiger partial charge in [-0.05, 0) is 19.3 Å². The van der Waals surface area contributed by atoms with E-state index in [1.807, 2.05) is 0 Å². The van der Waals surface area contributed by atoms with Gasteiger partial charge in [-0.15, -0.1) is 0 Å². The third-order valence-corrected chi connectivity index (χ3v) is 1.83. The molecule has 0 aromatic rings. The monoisotopic (exact) mass is 231 g/mol. The van der Waals surface area contributed by atoms with E-state index in [0.717, 1.165) is 6.42 Å². The standard InChI is InChI=1S/C11H21NO4/c1-4-16-11(14)10(13)12-6-8-15-7-5-9(2)3/h9H,4-8H2,1-3H3,(H,12,13). The molecule has 0 heterocycles. The van der Waals surface area contributed by atoms with Gasteiger partial charge in [0.1, 0.15) is 0 Å². The average Bonchev–Trinajstić information content (AvgIpc) is 2.22. The number of carbonyl (C=O) groups is 2. The van der Waals surface area contributed by atoms with Gasteiger partial charge in [-0.1, -0.05) is 13.8 Å². The molecule has 0 bridgehead atoms. The second kappa shape index (κ2) is 9.15.